The molecule has 0 aliphatic carbocycles. The number of thiophene rings is 1. The van der Waals surface area contributed by atoms with Gasteiger partial charge < -0.3 is 31.2 Å². The van der Waals surface area contributed by atoms with Crippen LogP contribution in [0, 0.1) is 13.8 Å². The lowest BCUT2D eigenvalue weighted by Gasteiger charge is -2.28. The van der Waals surface area contributed by atoms with Crippen LogP contribution >= 0.6 is 11.3 Å². The van der Waals surface area contributed by atoms with Gasteiger partial charge in [0.05, 0.1) is 23.9 Å². The van der Waals surface area contributed by atoms with Crippen molar-refractivity contribution in [1.82, 2.24) is 10.3 Å². The van der Waals surface area contributed by atoms with Gasteiger partial charge in [0.2, 0.25) is 0 Å². The van der Waals surface area contributed by atoms with Crippen molar-refractivity contribution in [3.8, 4) is 5.75 Å². The van der Waals surface area contributed by atoms with Gasteiger partial charge in [0.1, 0.15) is 22.1 Å². The average Bonchev–Trinajstić information content (AvgIpc) is 3.33. The van der Waals surface area contributed by atoms with E-state index in [-0.39, 0.29) is 24.1 Å². The van der Waals surface area contributed by atoms with Gasteiger partial charge in [0.25, 0.3) is 5.91 Å². The highest BCUT2D eigenvalue weighted by atomic mass is 32.1. The largest absolute Gasteiger partial charge is 0.491 e. The minimum atomic E-state index is -0.181. The predicted molar refractivity (Wildman–Crippen MR) is 136 cm³/mol. The summed E-state index contributed by atoms with van der Waals surface area (Å²) in [6, 6.07) is 8.09. The monoisotopic (exact) mass is 481 g/mol. The molecule has 1 saturated heterocycles. The molecule has 2 aliphatic rings. The predicted octanol–water partition coefficient (Wildman–Crippen LogP) is 2.78. The van der Waals surface area contributed by atoms with Crippen LogP contribution < -0.4 is 26.4 Å². The molecule has 1 aromatic carbocycles. The first kappa shape index (κ1) is 22.9. The van der Waals surface area contributed by atoms with E-state index in [1.54, 1.807) is 0 Å². The summed E-state index contributed by atoms with van der Waals surface area (Å²) in [5.74, 6) is 0.673. The third-order valence-electron chi connectivity index (χ3n) is 6.58. The highest BCUT2D eigenvalue weighted by Crippen LogP contribution is 2.36. The summed E-state index contributed by atoms with van der Waals surface area (Å²) in [5, 5.41) is 3.97. The van der Waals surface area contributed by atoms with Crippen molar-refractivity contribution in [1.29, 1.82) is 0 Å². The van der Waals surface area contributed by atoms with E-state index in [4.69, 9.17) is 20.9 Å². The summed E-state index contributed by atoms with van der Waals surface area (Å²) in [6.07, 6.45) is 0.745. The number of ether oxygens (including phenoxy) is 2. The molecule has 2 aromatic heterocycles. The van der Waals surface area contributed by atoms with Crippen molar-refractivity contribution in [2.45, 2.75) is 45.4 Å². The standard InChI is InChI=1S/C25H31N5O3S/c1-4-32-20-11-30(10-18(20)26)17-6-5-15-8-16(12-33-19(15)9-17)29-24(31)23-22(27)21-13(2)7-14(3)28-25(21)34-23/h5-7,9,16,18,20H,4,8,10-12,26-27H2,1-3H3,(H,29,31)/t16-,18+,20+/m1/s1. The summed E-state index contributed by atoms with van der Waals surface area (Å²) in [7, 11) is 0. The van der Waals surface area contributed by atoms with Crippen molar-refractivity contribution < 1.29 is 14.3 Å². The van der Waals surface area contributed by atoms with Gasteiger partial charge in [0.15, 0.2) is 0 Å². The van der Waals surface area contributed by atoms with E-state index in [1.165, 1.54) is 11.3 Å². The zero-order chi connectivity index (χ0) is 24.0. The number of pyridine rings is 1. The zero-order valence-corrected chi connectivity index (χ0v) is 20.6. The van der Waals surface area contributed by atoms with Crippen molar-refractivity contribution in [3.63, 3.8) is 0 Å². The second-order valence-electron chi connectivity index (χ2n) is 9.15. The molecule has 3 atom stereocenters. The first-order valence-electron chi connectivity index (χ1n) is 11.7. The Labute approximate surface area is 203 Å². The summed E-state index contributed by atoms with van der Waals surface area (Å²) >= 11 is 1.34. The Balaban J connectivity index is 1.28. The molecule has 0 saturated carbocycles. The number of hydrogen-bond acceptors (Lipinski definition) is 8. The quantitative estimate of drug-likeness (QED) is 0.513. The van der Waals surface area contributed by atoms with Crippen molar-refractivity contribution in [2.75, 3.05) is 36.9 Å². The van der Waals surface area contributed by atoms with E-state index in [2.05, 4.69) is 33.4 Å². The first-order valence-corrected chi connectivity index (χ1v) is 12.5. The van der Waals surface area contributed by atoms with Crippen LogP contribution in [0.2, 0.25) is 0 Å². The number of nitrogens with one attached hydrogen (secondary N) is 1. The molecule has 1 fully saturated rings. The summed E-state index contributed by atoms with van der Waals surface area (Å²) in [4.78, 5) is 21.2. The molecule has 9 heteroatoms. The molecule has 0 bridgehead atoms. The van der Waals surface area contributed by atoms with Gasteiger partial charge in [-0.15, -0.1) is 11.3 Å². The van der Waals surface area contributed by atoms with Gasteiger partial charge in [0, 0.05) is 42.5 Å². The summed E-state index contributed by atoms with van der Waals surface area (Å²) in [5.41, 5.74) is 17.2. The second-order valence-corrected chi connectivity index (χ2v) is 10.1. The molecule has 3 aromatic rings. The third-order valence-corrected chi connectivity index (χ3v) is 7.68. The fourth-order valence-electron chi connectivity index (χ4n) is 4.94. The molecule has 5 rings (SSSR count). The van der Waals surface area contributed by atoms with Crippen LogP contribution in [0.5, 0.6) is 5.75 Å². The number of benzene rings is 1. The molecular formula is C25H31N5O3S. The normalized spacial score (nSPS) is 22.0. The number of rotatable bonds is 5. The molecule has 180 valence electrons. The fraction of sp³-hybridized carbons (Fsp3) is 0.440. The van der Waals surface area contributed by atoms with Crippen molar-refractivity contribution >= 4 is 38.8 Å². The van der Waals surface area contributed by atoms with Gasteiger partial charge in [-0.3, -0.25) is 4.79 Å². The number of anilines is 2. The lowest BCUT2D eigenvalue weighted by atomic mass is 10.0. The number of nitrogen functional groups attached to an aromatic ring is 1. The van der Waals surface area contributed by atoms with Gasteiger partial charge >= 0.3 is 0 Å². The molecule has 0 radical (unpaired) electrons. The Hall–Kier alpha value is -2.88. The number of nitrogens with zero attached hydrogens (tertiary/aromatic N) is 2. The number of nitrogens with two attached hydrogens (primary N) is 2. The SMILES string of the molecule is CCO[C@H]1CN(c2ccc3c(c2)OC[C@H](NC(=O)c2sc4nc(C)cc(C)c4c2N)C3)C[C@@H]1N. The molecule has 2 aliphatic heterocycles. The Bertz CT molecular complexity index is 1240. The van der Waals surface area contributed by atoms with E-state index in [1.807, 2.05) is 26.8 Å². The van der Waals surface area contributed by atoms with Gasteiger partial charge in [-0.2, -0.15) is 0 Å². The van der Waals surface area contributed by atoms with Crippen molar-refractivity contribution in [3.05, 3.63) is 46.0 Å². The van der Waals surface area contributed by atoms with Gasteiger partial charge in [-0.25, -0.2) is 4.98 Å². The molecule has 0 spiro atoms. The Morgan fingerprint density at radius 3 is 2.94 bits per heavy atom. The minimum Gasteiger partial charge on any atom is -0.491 e. The average molecular weight is 482 g/mol. The van der Waals surface area contributed by atoms with E-state index in [0.29, 0.717) is 30.2 Å². The molecule has 4 heterocycles. The molecular weight excluding hydrogens is 450 g/mol. The maximum absolute atomic E-state index is 13.1. The van der Waals surface area contributed by atoms with Crippen LogP contribution in [0.1, 0.15) is 33.4 Å². The molecule has 0 unspecified atom stereocenters. The Morgan fingerprint density at radius 1 is 1.32 bits per heavy atom. The third kappa shape index (κ3) is 4.19. The van der Waals surface area contributed by atoms with E-state index >= 15 is 0 Å². The van der Waals surface area contributed by atoms with E-state index in [0.717, 1.165) is 51.6 Å². The van der Waals surface area contributed by atoms with Crippen LogP contribution in [0.4, 0.5) is 11.4 Å². The number of hydrogen-bond donors (Lipinski definition) is 3. The molecule has 5 N–H and O–H groups in total. The lowest BCUT2D eigenvalue weighted by molar-refractivity contribution is 0.0680. The maximum Gasteiger partial charge on any atom is 0.263 e. The topological polar surface area (TPSA) is 116 Å². The minimum absolute atomic E-state index is 0.000678. The fourth-order valence-corrected chi connectivity index (χ4v) is 6.06. The van der Waals surface area contributed by atoms with Crippen LogP contribution in [0.25, 0.3) is 10.2 Å². The van der Waals surface area contributed by atoms with Crippen LogP contribution in [0.3, 0.4) is 0 Å². The molecule has 34 heavy (non-hydrogen) atoms. The molecule has 8 nitrogen and oxygen atoms in total. The smallest absolute Gasteiger partial charge is 0.263 e. The number of aromatic nitrogens is 1. The number of amides is 1. The highest BCUT2D eigenvalue weighted by molar-refractivity contribution is 7.21. The van der Waals surface area contributed by atoms with Crippen LogP contribution in [0.15, 0.2) is 24.3 Å². The van der Waals surface area contributed by atoms with Crippen molar-refractivity contribution in [2.24, 2.45) is 5.73 Å². The number of fused-ring (bicyclic) bond motifs is 2. The van der Waals surface area contributed by atoms with Gasteiger partial charge in [-0.05, 0) is 50.5 Å². The highest BCUT2D eigenvalue weighted by Gasteiger charge is 2.32. The summed E-state index contributed by atoms with van der Waals surface area (Å²) in [6.45, 7) is 8.53. The van der Waals surface area contributed by atoms with Gasteiger partial charge in [-0.1, -0.05) is 6.07 Å². The second kappa shape index (κ2) is 9.05. The number of carbonyl (C=O) groups excluding carboxylic acids is 1. The maximum atomic E-state index is 13.1. The molecule has 1 amide bonds. The van der Waals surface area contributed by atoms with E-state index in [9.17, 15) is 4.79 Å². The lowest BCUT2D eigenvalue weighted by Crippen LogP contribution is -2.42. The Morgan fingerprint density at radius 2 is 2.15 bits per heavy atom. The number of aryl methyl sites for hydroxylation is 2. The van der Waals surface area contributed by atoms with E-state index < -0.39 is 0 Å². The Kier molecular flexibility index (Phi) is 6.09. The van der Waals surface area contributed by atoms with Crippen LogP contribution in [-0.2, 0) is 11.2 Å². The zero-order valence-electron chi connectivity index (χ0n) is 19.8. The first-order chi connectivity index (χ1) is 16.3. The summed E-state index contributed by atoms with van der Waals surface area (Å²) < 4.78 is 11.8. The number of carbonyl (C=O) groups is 1. The van der Waals surface area contributed by atoms with Crippen LogP contribution in [-0.4, -0.2) is 55.4 Å².